The van der Waals surface area contributed by atoms with E-state index >= 15 is 0 Å². The van der Waals surface area contributed by atoms with Crippen LogP contribution in [0.2, 0.25) is 0 Å². The maximum absolute atomic E-state index is 11.0. The first-order valence-corrected chi connectivity index (χ1v) is 3.71. The van der Waals surface area contributed by atoms with E-state index in [1.807, 2.05) is 0 Å². The van der Waals surface area contributed by atoms with Gasteiger partial charge in [0.15, 0.2) is 17.5 Å². The molecule has 1 atom stereocenters. The monoisotopic (exact) mass is 192 g/mol. The Hall–Kier alpha value is -2.23. The number of ketones is 1. The summed E-state index contributed by atoms with van der Waals surface area (Å²) in [5.41, 5.74) is 10.6. The second-order valence-corrected chi connectivity index (χ2v) is 2.58. The van der Waals surface area contributed by atoms with Crippen LogP contribution in [0.4, 0.5) is 11.9 Å². The highest BCUT2D eigenvalue weighted by Gasteiger charge is 2.20. The zero-order valence-corrected chi connectivity index (χ0v) is 7.43. The predicted molar refractivity (Wildman–Crippen MR) is 47.7 cm³/mol. The van der Waals surface area contributed by atoms with Gasteiger partial charge in [-0.2, -0.15) is 20.2 Å². The van der Waals surface area contributed by atoms with Crippen molar-refractivity contribution in [3.63, 3.8) is 0 Å². The van der Waals surface area contributed by atoms with Gasteiger partial charge >= 0.3 is 0 Å². The van der Waals surface area contributed by atoms with E-state index in [1.54, 1.807) is 6.07 Å². The molecular formula is C7H8N6O. The molecule has 0 aliphatic carbocycles. The lowest BCUT2D eigenvalue weighted by Gasteiger charge is -2.04. The molecule has 7 heteroatoms. The fourth-order valence-electron chi connectivity index (χ4n) is 0.887. The Morgan fingerprint density at radius 3 is 2.21 bits per heavy atom. The van der Waals surface area contributed by atoms with Crippen LogP contribution in [0.3, 0.4) is 0 Å². The molecule has 4 N–H and O–H groups in total. The van der Waals surface area contributed by atoms with E-state index < -0.39 is 5.92 Å². The zero-order chi connectivity index (χ0) is 10.7. The summed E-state index contributed by atoms with van der Waals surface area (Å²) in [6.07, 6.45) is 0. The number of carbonyl (C=O) groups excluding carboxylic acids is 1. The number of nitrogens with zero attached hydrogens (tertiary/aromatic N) is 4. The van der Waals surface area contributed by atoms with Crippen molar-refractivity contribution in [2.75, 3.05) is 11.5 Å². The third kappa shape index (κ3) is 1.92. The van der Waals surface area contributed by atoms with Gasteiger partial charge in [-0.1, -0.05) is 0 Å². The van der Waals surface area contributed by atoms with Crippen molar-refractivity contribution in [2.24, 2.45) is 0 Å². The first kappa shape index (κ1) is 9.85. The highest BCUT2D eigenvalue weighted by molar-refractivity contribution is 5.85. The van der Waals surface area contributed by atoms with Crippen LogP contribution in [0.25, 0.3) is 0 Å². The summed E-state index contributed by atoms with van der Waals surface area (Å²) in [5, 5.41) is 8.68. The molecule has 0 amide bonds. The van der Waals surface area contributed by atoms with Gasteiger partial charge in [-0.05, 0) is 6.92 Å². The molecule has 1 unspecified atom stereocenters. The molecule has 0 fully saturated rings. The van der Waals surface area contributed by atoms with E-state index in [9.17, 15) is 4.79 Å². The van der Waals surface area contributed by atoms with Crippen molar-refractivity contribution in [3.8, 4) is 6.07 Å². The minimum Gasteiger partial charge on any atom is -0.368 e. The molecule has 1 aromatic rings. The summed E-state index contributed by atoms with van der Waals surface area (Å²) >= 11 is 0. The summed E-state index contributed by atoms with van der Waals surface area (Å²) < 4.78 is 0. The van der Waals surface area contributed by atoms with E-state index in [1.165, 1.54) is 6.92 Å². The van der Waals surface area contributed by atoms with E-state index in [-0.39, 0.29) is 23.5 Å². The van der Waals surface area contributed by atoms with E-state index in [0.717, 1.165) is 0 Å². The molecule has 0 bridgehead atoms. The first-order valence-electron chi connectivity index (χ1n) is 3.71. The fraction of sp³-hybridized carbons (Fsp3) is 0.286. The quantitative estimate of drug-likeness (QED) is 0.628. The summed E-state index contributed by atoms with van der Waals surface area (Å²) in [6.45, 7) is 1.27. The molecule has 14 heavy (non-hydrogen) atoms. The van der Waals surface area contributed by atoms with Crippen molar-refractivity contribution >= 4 is 17.7 Å². The van der Waals surface area contributed by atoms with Crippen LogP contribution in [0.1, 0.15) is 18.7 Å². The number of anilines is 2. The number of nitrogens with two attached hydrogens (primary N) is 2. The van der Waals surface area contributed by atoms with Crippen molar-refractivity contribution in [3.05, 3.63) is 5.82 Å². The van der Waals surface area contributed by atoms with Crippen LogP contribution in [-0.4, -0.2) is 20.7 Å². The molecule has 0 spiro atoms. The molecule has 72 valence electrons. The number of Topliss-reactive ketones (excluding diaryl/α,β-unsaturated/α-hetero) is 1. The van der Waals surface area contributed by atoms with Crippen LogP contribution in [-0.2, 0) is 4.79 Å². The molecule has 1 heterocycles. The number of rotatable bonds is 2. The Bertz CT molecular complexity index is 389. The molecule has 0 radical (unpaired) electrons. The smallest absolute Gasteiger partial charge is 0.225 e. The lowest BCUT2D eigenvalue weighted by Crippen LogP contribution is -2.14. The van der Waals surface area contributed by atoms with Gasteiger partial charge in [-0.3, -0.25) is 4.79 Å². The summed E-state index contributed by atoms with van der Waals surface area (Å²) in [6, 6.07) is 1.76. The number of carbonyl (C=O) groups is 1. The highest BCUT2D eigenvalue weighted by Crippen LogP contribution is 2.12. The number of aromatic nitrogens is 3. The number of nitriles is 1. The summed E-state index contributed by atoms with van der Waals surface area (Å²) in [5.74, 6) is -1.62. The first-order chi connectivity index (χ1) is 6.54. The lowest BCUT2D eigenvalue weighted by atomic mass is 10.1. The zero-order valence-electron chi connectivity index (χ0n) is 7.43. The van der Waals surface area contributed by atoms with Crippen LogP contribution < -0.4 is 11.5 Å². The third-order valence-corrected chi connectivity index (χ3v) is 1.48. The van der Waals surface area contributed by atoms with E-state index in [0.29, 0.717) is 0 Å². The van der Waals surface area contributed by atoms with E-state index in [2.05, 4.69) is 15.0 Å². The molecule has 0 aromatic carbocycles. The Kier molecular flexibility index (Phi) is 2.57. The van der Waals surface area contributed by atoms with Gasteiger partial charge in [0.2, 0.25) is 11.9 Å². The average Bonchev–Trinajstić information content (AvgIpc) is 2.02. The second-order valence-electron chi connectivity index (χ2n) is 2.58. The Morgan fingerprint density at radius 2 is 1.86 bits per heavy atom. The molecule has 0 saturated heterocycles. The van der Waals surface area contributed by atoms with Crippen molar-refractivity contribution < 1.29 is 4.79 Å². The number of hydrogen-bond acceptors (Lipinski definition) is 7. The standard InChI is InChI=1S/C7H8N6O/c1-3(14)4(2-8)5-11-6(9)13-7(10)12-5/h4H,1H3,(H4,9,10,11,12,13). The van der Waals surface area contributed by atoms with Crippen molar-refractivity contribution in [1.82, 2.24) is 15.0 Å². The Labute approximate surface area is 79.8 Å². The molecule has 0 saturated carbocycles. The fourth-order valence-corrected chi connectivity index (χ4v) is 0.887. The van der Waals surface area contributed by atoms with Gasteiger partial charge in [-0.25, -0.2) is 0 Å². The van der Waals surface area contributed by atoms with Gasteiger partial charge in [0.25, 0.3) is 0 Å². The SMILES string of the molecule is CC(=O)C(C#N)c1nc(N)nc(N)n1. The van der Waals surface area contributed by atoms with E-state index in [4.69, 9.17) is 16.7 Å². The highest BCUT2D eigenvalue weighted by atomic mass is 16.1. The molecule has 0 aliphatic rings. The topological polar surface area (TPSA) is 132 Å². The summed E-state index contributed by atoms with van der Waals surface area (Å²) in [7, 11) is 0. The number of nitrogen functional groups attached to an aromatic ring is 2. The van der Waals surface area contributed by atoms with Gasteiger partial charge < -0.3 is 11.5 Å². The lowest BCUT2D eigenvalue weighted by molar-refractivity contribution is -0.117. The van der Waals surface area contributed by atoms with Gasteiger partial charge in [0, 0.05) is 0 Å². The van der Waals surface area contributed by atoms with Crippen LogP contribution in [0.5, 0.6) is 0 Å². The van der Waals surface area contributed by atoms with Crippen molar-refractivity contribution in [1.29, 1.82) is 5.26 Å². The molecule has 1 aromatic heterocycles. The average molecular weight is 192 g/mol. The molecule has 0 aliphatic heterocycles. The molecule has 7 nitrogen and oxygen atoms in total. The minimum atomic E-state index is -1.04. The van der Waals surface area contributed by atoms with Crippen LogP contribution in [0, 0.1) is 11.3 Å². The maximum atomic E-state index is 11.0. The summed E-state index contributed by atoms with van der Waals surface area (Å²) in [4.78, 5) is 21.8. The minimum absolute atomic E-state index is 0.00926. The van der Waals surface area contributed by atoms with Gasteiger partial charge in [-0.15, -0.1) is 0 Å². The van der Waals surface area contributed by atoms with Gasteiger partial charge in [0.1, 0.15) is 0 Å². The largest absolute Gasteiger partial charge is 0.368 e. The van der Waals surface area contributed by atoms with Crippen LogP contribution >= 0.6 is 0 Å². The molecule has 1 rings (SSSR count). The third-order valence-electron chi connectivity index (χ3n) is 1.48. The number of hydrogen-bond donors (Lipinski definition) is 2. The predicted octanol–water partition coefficient (Wildman–Crippen LogP) is -0.768. The van der Waals surface area contributed by atoms with Crippen molar-refractivity contribution in [2.45, 2.75) is 12.8 Å². The molecular weight excluding hydrogens is 184 g/mol. The maximum Gasteiger partial charge on any atom is 0.225 e. The normalized spacial score (nSPS) is 11.7. The van der Waals surface area contributed by atoms with Gasteiger partial charge in [0.05, 0.1) is 6.07 Å². The van der Waals surface area contributed by atoms with Crippen LogP contribution in [0.15, 0.2) is 0 Å². The Balaban J connectivity index is 3.18. The Morgan fingerprint density at radius 1 is 1.36 bits per heavy atom. The second kappa shape index (κ2) is 3.66.